The van der Waals surface area contributed by atoms with Crippen LogP contribution in [-0.2, 0) is 20.9 Å². The SMILES string of the molecule is O=c1[nH]c(COS(=O)(=O)c2c(F)c(F)c(F)c(F)c2OC(F)F)cc2ccc(-c3ccccc3)cc12. The van der Waals surface area contributed by atoms with Gasteiger partial charge in [-0.2, -0.15) is 21.6 Å². The summed E-state index contributed by atoms with van der Waals surface area (Å²) >= 11 is 0. The zero-order chi connectivity index (χ0) is 26.2. The summed E-state index contributed by atoms with van der Waals surface area (Å²) in [5.74, 6) is -12.3. The molecule has 0 aliphatic rings. The van der Waals surface area contributed by atoms with E-state index in [-0.39, 0.29) is 11.1 Å². The third kappa shape index (κ3) is 4.79. The Balaban J connectivity index is 1.68. The topological polar surface area (TPSA) is 85.5 Å². The number of hydrogen-bond acceptors (Lipinski definition) is 5. The lowest BCUT2D eigenvalue weighted by atomic mass is 10.0. The van der Waals surface area contributed by atoms with E-state index >= 15 is 0 Å². The van der Waals surface area contributed by atoms with Crippen molar-refractivity contribution >= 4 is 20.9 Å². The smallest absolute Gasteiger partial charge is 0.387 e. The van der Waals surface area contributed by atoms with Crippen molar-refractivity contribution in [2.75, 3.05) is 0 Å². The molecule has 0 atom stereocenters. The molecule has 1 heterocycles. The molecule has 0 bridgehead atoms. The van der Waals surface area contributed by atoms with Crippen LogP contribution in [0.3, 0.4) is 0 Å². The van der Waals surface area contributed by atoms with Crippen LogP contribution in [0.15, 0.2) is 64.3 Å². The number of benzene rings is 3. The van der Waals surface area contributed by atoms with Crippen molar-refractivity contribution in [3.8, 4) is 16.9 Å². The van der Waals surface area contributed by atoms with Crippen molar-refractivity contribution in [2.45, 2.75) is 18.1 Å². The average molecular weight is 529 g/mol. The van der Waals surface area contributed by atoms with Gasteiger partial charge in [-0.15, -0.1) is 0 Å². The first kappa shape index (κ1) is 25.3. The van der Waals surface area contributed by atoms with E-state index in [1.54, 1.807) is 18.2 Å². The van der Waals surface area contributed by atoms with Gasteiger partial charge in [0.2, 0.25) is 11.6 Å². The number of pyridine rings is 1. The normalized spacial score (nSPS) is 11.9. The van der Waals surface area contributed by atoms with Crippen molar-refractivity contribution in [1.29, 1.82) is 0 Å². The first-order valence-corrected chi connectivity index (χ1v) is 11.3. The molecule has 4 aromatic rings. The molecule has 13 heteroatoms. The molecule has 0 radical (unpaired) electrons. The Morgan fingerprint density at radius 1 is 0.833 bits per heavy atom. The van der Waals surface area contributed by atoms with Crippen LogP contribution in [0, 0.1) is 23.3 Å². The largest absolute Gasteiger partial charge is 0.430 e. The number of nitrogens with one attached hydrogen (secondary N) is 1. The van der Waals surface area contributed by atoms with Gasteiger partial charge < -0.3 is 9.72 Å². The van der Waals surface area contributed by atoms with Crippen molar-refractivity contribution in [3.05, 3.63) is 93.9 Å². The zero-order valence-corrected chi connectivity index (χ0v) is 18.5. The fraction of sp³-hybridized carbons (Fsp3) is 0.0870. The Labute approximate surface area is 198 Å². The summed E-state index contributed by atoms with van der Waals surface area (Å²) in [6.45, 7) is -4.90. The second-order valence-corrected chi connectivity index (χ2v) is 8.85. The quantitative estimate of drug-likeness (QED) is 0.153. The molecular formula is C23H13F6NO5S. The highest BCUT2D eigenvalue weighted by atomic mass is 32.2. The highest BCUT2D eigenvalue weighted by Gasteiger charge is 2.36. The van der Waals surface area contributed by atoms with Crippen LogP contribution in [0.2, 0.25) is 0 Å². The fourth-order valence-electron chi connectivity index (χ4n) is 3.41. The molecule has 6 nitrogen and oxygen atoms in total. The predicted molar refractivity (Wildman–Crippen MR) is 115 cm³/mol. The van der Waals surface area contributed by atoms with Crippen molar-refractivity contribution in [2.24, 2.45) is 0 Å². The Hall–Kier alpha value is -3.84. The van der Waals surface area contributed by atoms with Gasteiger partial charge in [-0.1, -0.05) is 42.5 Å². The molecule has 0 saturated heterocycles. The minimum atomic E-state index is -5.54. The second-order valence-electron chi connectivity index (χ2n) is 7.30. The maximum atomic E-state index is 14.2. The van der Waals surface area contributed by atoms with Gasteiger partial charge in [-0.05, 0) is 28.6 Å². The predicted octanol–water partition coefficient (Wildman–Crippen LogP) is 5.26. The molecule has 0 aliphatic heterocycles. The number of hydrogen-bond donors (Lipinski definition) is 1. The molecule has 1 N–H and O–H groups in total. The van der Waals surface area contributed by atoms with Crippen LogP contribution >= 0.6 is 0 Å². The van der Waals surface area contributed by atoms with Crippen molar-refractivity contribution in [1.82, 2.24) is 4.98 Å². The van der Waals surface area contributed by atoms with E-state index in [0.29, 0.717) is 5.39 Å². The lowest BCUT2D eigenvalue weighted by Crippen LogP contribution is -2.18. The molecule has 0 saturated carbocycles. The van der Waals surface area contributed by atoms with Crippen molar-refractivity contribution < 1.29 is 43.7 Å². The number of aromatic nitrogens is 1. The molecule has 36 heavy (non-hydrogen) atoms. The molecular weight excluding hydrogens is 516 g/mol. The lowest BCUT2D eigenvalue weighted by Gasteiger charge is -2.14. The zero-order valence-electron chi connectivity index (χ0n) is 17.7. The Bertz CT molecular complexity index is 1620. The number of rotatable bonds is 7. The average Bonchev–Trinajstić information content (AvgIpc) is 2.85. The van der Waals surface area contributed by atoms with Gasteiger partial charge in [-0.3, -0.25) is 8.98 Å². The van der Waals surface area contributed by atoms with E-state index in [0.717, 1.165) is 11.1 Å². The van der Waals surface area contributed by atoms with Gasteiger partial charge in [0.15, 0.2) is 22.3 Å². The molecule has 0 aliphatic carbocycles. The minimum absolute atomic E-state index is 0.164. The van der Waals surface area contributed by atoms with Crippen LogP contribution in [0.25, 0.3) is 21.9 Å². The van der Waals surface area contributed by atoms with Gasteiger partial charge in [0.25, 0.3) is 5.56 Å². The maximum Gasteiger partial charge on any atom is 0.387 e. The Morgan fingerprint density at radius 3 is 2.17 bits per heavy atom. The fourth-order valence-corrected chi connectivity index (χ4v) is 4.49. The standard InChI is InChI=1S/C23H13F6NO5S/c24-16-17(25)19(27)21(20(18(16)26)35-23(28)29)36(32,33)34-10-14-8-13-7-6-12(9-15(13)22(31)30-14)11-4-2-1-3-5-11/h1-9,23H,10H2,(H,30,31). The molecule has 1 aromatic heterocycles. The molecule has 0 amide bonds. The summed E-state index contributed by atoms with van der Waals surface area (Å²) in [5, 5.41) is 0.602. The van der Waals surface area contributed by atoms with Crippen LogP contribution in [0.5, 0.6) is 5.75 Å². The van der Waals surface area contributed by atoms with E-state index in [1.807, 2.05) is 30.3 Å². The number of aromatic amines is 1. The van der Waals surface area contributed by atoms with Crippen LogP contribution < -0.4 is 10.3 Å². The van der Waals surface area contributed by atoms with E-state index in [9.17, 15) is 39.6 Å². The summed E-state index contributed by atoms with van der Waals surface area (Å²) in [4.78, 5) is 12.8. The summed E-state index contributed by atoms with van der Waals surface area (Å²) in [6, 6.07) is 15.3. The number of ether oxygens (including phenoxy) is 1. The van der Waals surface area contributed by atoms with E-state index in [1.165, 1.54) is 6.07 Å². The maximum absolute atomic E-state index is 14.2. The summed E-state index contributed by atoms with van der Waals surface area (Å²) in [7, 11) is -5.54. The van der Waals surface area contributed by atoms with E-state index in [4.69, 9.17) is 0 Å². The van der Waals surface area contributed by atoms with Gasteiger partial charge in [0.1, 0.15) is 6.61 Å². The summed E-state index contributed by atoms with van der Waals surface area (Å²) in [6.07, 6.45) is 0. The Kier molecular flexibility index (Phi) is 6.78. The lowest BCUT2D eigenvalue weighted by molar-refractivity contribution is -0.0552. The van der Waals surface area contributed by atoms with E-state index in [2.05, 4.69) is 13.9 Å². The number of alkyl halides is 2. The third-order valence-electron chi connectivity index (χ3n) is 5.02. The number of fused-ring (bicyclic) bond motifs is 1. The van der Waals surface area contributed by atoms with Crippen LogP contribution in [0.4, 0.5) is 26.3 Å². The molecule has 0 spiro atoms. The monoisotopic (exact) mass is 529 g/mol. The Morgan fingerprint density at radius 2 is 1.50 bits per heavy atom. The summed E-state index contributed by atoms with van der Waals surface area (Å²) < 4.78 is 113. The highest BCUT2D eigenvalue weighted by Crippen LogP contribution is 2.36. The minimum Gasteiger partial charge on any atom is -0.430 e. The molecule has 3 aromatic carbocycles. The van der Waals surface area contributed by atoms with Crippen LogP contribution in [-0.4, -0.2) is 20.0 Å². The molecule has 0 unspecified atom stereocenters. The van der Waals surface area contributed by atoms with Gasteiger partial charge in [0, 0.05) is 11.1 Å². The number of halogens is 6. The summed E-state index contributed by atoms with van der Waals surface area (Å²) in [5.41, 5.74) is 0.749. The molecule has 4 rings (SSSR count). The van der Waals surface area contributed by atoms with Crippen molar-refractivity contribution in [3.63, 3.8) is 0 Å². The molecule has 188 valence electrons. The molecule has 0 fully saturated rings. The second kappa shape index (κ2) is 9.66. The number of H-pyrrole nitrogens is 1. The highest BCUT2D eigenvalue weighted by molar-refractivity contribution is 7.86. The van der Waals surface area contributed by atoms with Gasteiger partial charge >= 0.3 is 16.7 Å². The first-order valence-electron chi connectivity index (χ1n) is 9.91. The van der Waals surface area contributed by atoms with Gasteiger partial charge in [0.05, 0.1) is 0 Å². The van der Waals surface area contributed by atoms with Gasteiger partial charge in [-0.25, -0.2) is 13.2 Å². The first-order chi connectivity index (χ1) is 17.0. The van der Waals surface area contributed by atoms with Crippen LogP contribution in [0.1, 0.15) is 5.69 Å². The van der Waals surface area contributed by atoms with E-state index < -0.39 is 62.8 Å². The third-order valence-corrected chi connectivity index (χ3v) is 6.31.